The van der Waals surface area contributed by atoms with Gasteiger partial charge in [0.05, 0.1) is 12.2 Å². The number of carboxylic acids is 1. The summed E-state index contributed by atoms with van der Waals surface area (Å²) in [5, 5.41) is 9.09. The van der Waals surface area contributed by atoms with Crippen LogP contribution >= 0.6 is 0 Å². The first-order valence-electron chi connectivity index (χ1n) is 8.37. The first-order chi connectivity index (χ1) is 10.2. The fraction of sp³-hybridized carbons (Fsp3) is 0.765. The maximum Gasteiger partial charge on any atom is 0.306 e. The molecule has 0 amide bonds. The van der Waals surface area contributed by atoms with E-state index < -0.39 is 5.97 Å². The molecule has 0 fully saturated rings. The van der Waals surface area contributed by atoms with E-state index in [4.69, 9.17) is 5.11 Å². The molecular formula is C17H32N2O2. The van der Waals surface area contributed by atoms with Crippen LogP contribution in [0.25, 0.3) is 0 Å². The number of nitrogens with one attached hydrogen (secondary N) is 1. The summed E-state index contributed by atoms with van der Waals surface area (Å²) in [6.45, 7) is 4.36. The number of hydrogen-bond acceptors (Lipinski definition) is 2. The van der Waals surface area contributed by atoms with Crippen molar-refractivity contribution in [3.63, 3.8) is 0 Å². The predicted octanol–water partition coefficient (Wildman–Crippen LogP) is 5.04. The minimum atomic E-state index is -0.590. The number of rotatable bonds is 11. The van der Waals surface area contributed by atoms with E-state index >= 15 is 0 Å². The molecule has 0 spiro atoms. The zero-order chi connectivity index (χ0) is 15.8. The number of aliphatic carboxylic acids is 1. The highest BCUT2D eigenvalue weighted by Crippen LogP contribution is 2.18. The molecule has 2 N–H and O–H groups in total. The van der Waals surface area contributed by atoms with Gasteiger partial charge in [0, 0.05) is 12.4 Å². The van der Waals surface area contributed by atoms with Gasteiger partial charge in [-0.15, -0.1) is 0 Å². The number of unbranched alkanes of at least 4 members (excludes halogenated alkanes) is 6. The van der Waals surface area contributed by atoms with Gasteiger partial charge in [-0.25, -0.2) is 4.98 Å². The molecule has 0 aliphatic carbocycles. The van der Waals surface area contributed by atoms with Crippen LogP contribution in [0.2, 0.25) is 0 Å². The summed E-state index contributed by atoms with van der Waals surface area (Å²) in [6.07, 6.45) is 16.3. The molecule has 1 rings (SSSR count). The largest absolute Gasteiger partial charge is 0.481 e. The Kier molecular flexibility index (Phi) is 14.1. The Morgan fingerprint density at radius 2 is 1.62 bits per heavy atom. The number of hydrogen-bond donors (Lipinski definition) is 2. The van der Waals surface area contributed by atoms with E-state index in [1.165, 1.54) is 38.5 Å². The van der Waals surface area contributed by atoms with Crippen LogP contribution in [0.5, 0.6) is 0 Å². The van der Waals surface area contributed by atoms with Crippen LogP contribution in [-0.4, -0.2) is 21.0 Å². The number of aromatic amines is 1. The smallest absolute Gasteiger partial charge is 0.306 e. The molecule has 0 atom stereocenters. The van der Waals surface area contributed by atoms with E-state index in [0.717, 1.165) is 25.7 Å². The minimum absolute atomic E-state index is 0.0892. The highest BCUT2D eigenvalue weighted by Gasteiger charge is 2.15. The third kappa shape index (κ3) is 13.4. The highest BCUT2D eigenvalue weighted by atomic mass is 16.4. The fourth-order valence-electron chi connectivity index (χ4n) is 2.24. The Bertz CT molecular complexity index is 283. The first kappa shape index (κ1) is 19.7. The van der Waals surface area contributed by atoms with Gasteiger partial charge in [-0.3, -0.25) is 4.79 Å². The van der Waals surface area contributed by atoms with Crippen molar-refractivity contribution in [3.8, 4) is 0 Å². The van der Waals surface area contributed by atoms with Crippen LogP contribution in [0.4, 0.5) is 0 Å². The van der Waals surface area contributed by atoms with Gasteiger partial charge >= 0.3 is 5.97 Å². The zero-order valence-corrected chi connectivity index (χ0v) is 13.7. The Labute approximate surface area is 129 Å². The van der Waals surface area contributed by atoms with Gasteiger partial charge in [0.25, 0.3) is 0 Å². The van der Waals surface area contributed by atoms with Crippen LogP contribution < -0.4 is 0 Å². The lowest BCUT2D eigenvalue weighted by Crippen LogP contribution is -2.13. The SMILES string of the molecule is CCCCCCC(CCCCCC)C(=O)O.c1c[nH]cn1. The van der Waals surface area contributed by atoms with E-state index in [1.807, 2.05) is 0 Å². The van der Waals surface area contributed by atoms with E-state index in [-0.39, 0.29) is 5.92 Å². The number of H-pyrrole nitrogens is 1. The van der Waals surface area contributed by atoms with E-state index in [0.29, 0.717) is 0 Å². The van der Waals surface area contributed by atoms with Gasteiger partial charge < -0.3 is 10.1 Å². The number of nitrogens with zero attached hydrogens (tertiary/aromatic N) is 1. The summed E-state index contributed by atoms with van der Waals surface area (Å²) in [6, 6.07) is 0. The predicted molar refractivity (Wildman–Crippen MR) is 87.2 cm³/mol. The minimum Gasteiger partial charge on any atom is -0.481 e. The summed E-state index contributed by atoms with van der Waals surface area (Å²) in [7, 11) is 0. The molecule has 4 heteroatoms. The molecule has 0 aliphatic heterocycles. The van der Waals surface area contributed by atoms with E-state index in [1.54, 1.807) is 18.7 Å². The number of carboxylic acid groups (broad SMARTS) is 1. The zero-order valence-electron chi connectivity index (χ0n) is 13.7. The molecule has 1 heterocycles. The van der Waals surface area contributed by atoms with E-state index in [2.05, 4.69) is 23.8 Å². The Balaban J connectivity index is 0.000000662. The van der Waals surface area contributed by atoms with Gasteiger partial charge in [0.2, 0.25) is 0 Å². The third-order valence-corrected chi connectivity index (χ3v) is 3.57. The summed E-state index contributed by atoms with van der Waals surface area (Å²) in [5.41, 5.74) is 0. The number of aromatic nitrogens is 2. The van der Waals surface area contributed by atoms with E-state index in [9.17, 15) is 4.79 Å². The Hall–Kier alpha value is -1.32. The molecule has 0 aliphatic rings. The maximum atomic E-state index is 11.0. The first-order valence-corrected chi connectivity index (χ1v) is 8.37. The van der Waals surface area contributed by atoms with Gasteiger partial charge in [-0.2, -0.15) is 0 Å². The van der Waals surface area contributed by atoms with Crippen molar-refractivity contribution in [1.29, 1.82) is 0 Å². The second kappa shape index (κ2) is 15.1. The van der Waals surface area contributed by atoms with Crippen molar-refractivity contribution in [2.75, 3.05) is 0 Å². The number of carbonyl (C=O) groups is 1. The molecule has 4 nitrogen and oxygen atoms in total. The second-order valence-electron chi connectivity index (χ2n) is 5.49. The molecule has 1 aromatic heterocycles. The van der Waals surface area contributed by atoms with Crippen LogP contribution in [-0.2, 0) is 4.79 Å². The molecule has 0 aromatic carbocycles. The molecule has 21 heavy (non-hydrogen) atoms. The average Bonchev–Trinajstić information content (AvgIpc) is 3.04. The average molecular weight is 296 g/mol. The quantitative estimate of drug-likeness (QED) is 0.562. The van der Waals surface area contributed by atoms with Crippen molar-refractivity contribution >= 4 is 5.97 Å². The standard InChI is InChI=1S/C14H28O2.C3H4N2/c1-3-5-7-9-11-13(14(15)16)12-10-8-6-4-2;1-2-5-3-4-1/h13H,3-12H2,1-2H3,(H,15,16);1-3H,(H,4,5). The fourth-order valence-corrected chi connectivity index (χ4v) is 2.24. The van der Waals surface area contributed by atoms with Crippen LogP contribution in [0.1, 0.15) is 78.1 Å². The van der Waals surface area contributed by atoms with Crippen molar-refractivity contribution in [3.05, 3.63) is 18.7 Å². The lowest BCUT2D eigenvalue weighted by Gasteiger charge is -2.11. The molecule has 0 saturated carbocycles. The Morgan fingerprint density at radius 1 is 1.05 bits per heavy atom. The second-order valence-corrected chi connectivity index (χ2v) is 5.49. The normalized spacial score (nSPS) is 10.2. The third-order valence-electron chi connectivity index (χ3n) is 3.57. The lowest BCUT2D eigenvalue weighted by molar-refractivity contribution is -0.142. The summed E-state index contributed by atoms with van der Waals surface area (Å²) < 4.78 is 0. The van der Waals surface area contributed by atoms with Crippen molar-refractivity contribution in [2.45, 2.75) is 78.1 Å². The van der Waals surface area contributed by atoms with Crippen LogP contribution in [0.3, 0.4) is 0 Å². The summed E-state index contributed by atoms with van der Waals surface area (Å²) >= 11 is 0. The van der Waals surface area contributed by atoms with Gasteiger partial charge in [0.1, 0.15) is 0 Å². The van der Waals surface area contributed by atoms with Gasteiger partial charge in [-0.1, -0.05) is 65.2 Å². The Morgan fingerprint density at radius 3 is 1.90 bits per heavy atom. The highest BCUT2D eigenvalue weighted by molar-refractivity contribution is 5.69. The molecule has 0 radical (unpaired) electrons. The van der Waals surface area contributed by atoms with Crippen molar-refractivity contribution < 1.29 is 9.90 Å². The number of imidazole rings is 1. The monoisotopic (exact) mass is 296 g/mol. The van der Waals surface area contributed by atoms with Crippen LogP contribution in [0.15, 0.2) is 18.7 Å². The van der Waals surface area contributed by atoms with Crippen LogP contribution in [0, 0.1) is 5.92 Å². The van der Waals surface area contributed by atoms with Crippen molar-refractivity contribution in [1.82, 2.24) is 9.97 Å². The van der Waals surface area contributed by atoms with Gasteiger partial charge in [-0.05, 0) is 12.8 Å². The molecule has 0 bridgehead atoms. The topological polar surface area (TPSA) is 66.0 Å². The molecule has 0 saturated heterocycles. The molecular weight excluding hydrogens is 264 g/mol. The molecule has 122 valence electrons. The van der Waals surface area contributed by atoms with Crippen molar-refractivity contribution in [2.24, 2.45) is 5.92 Å². The lowest BCUT2D eigenvalue weighted by atomic mass is 9.95. The van der Waals surface area contributed by atoms with Gasteiger partial charge in [0.15, 0.2) is 0 Å². The molecule has 0 unspecified atom stereocenters. The summed E-state index contributed by atoms with van der Waals surface area (Å²) in [4.78, 5) is 17.4. The maximum absolute atomic E-state index is 11.0. The molecule has 1 aromatic rings. The summed E-state index contributed by atoms with van der Waals surface area (Å²) in [5.74, 6) is -0.679.